The Labute approximate surface area is 167 Å². The largest absolute Gasteiger partial charge is 0.484 e. The Balaban J connectivity index is 1.74. The lowest BCUT2D eigenvalue weighted by atomic mass is 10.1. The second kappa shape index (κ2) is 8.27. The maximum absolute atomic E-state index is 12.4. The number of aromatic nitrogens is 2. The van der Waals surface area contributed by atoms with E-state index in [2.05, 4.69) is 10.4 Å². The Morgan fingerprint density at radius 3 is 2.50 bits per heavy atom. The third-order valence-electron chi connectivity index (χ3n) is 4.22. The highest BCUT2D eigenvalue weighted by Crippen LogP contribution is 2.27. The maximum atomic E-state index is 12.4. The van der Waals surface area contributed by atoms with E-state index in [0.29, 0.717) is 27.7 Å². The monoisotopic (exact) mass is 397 g/mol. The molecule has 0 unspecified atom stereocenters. The minimum absolute atomic E-state index is 0.143. The summed E-state index contributed by atoms with van der Waals surface area (Å²) in [5, 5.41) is 7.77. The Hall–Kier alpha value is -3.12. The molecule has 144 valence electrons. The van der Waals surface area contributed by atoms with Gasteiger partial charge in [-0.25, -0.2) is 4.68 Å². The third-order valence-corrected chi connectivity index (χ3v) is 4.81. The molecule has 0 saturated carbocycles. The lowest BCUT2D eigenvalue weighted by Gasteiger charge is -2.13. The van der Waals surface area contributed by atoms with Crippen molar-refractivity contribution in [2.45, 2.75) is 13.8 Å². The van der Waals surface area contributed by atoms with E-state index in [1.54, 1.807) is 31.3 Å². The van der Waals surface area contributed by atoms with Gasteiger partial charge >= 0.3 is 0 Å². The first-order valence-corrected chi connectivity index (χ1v) is 9.06. The standard InChI is InChI=1S/C21H20ClN3O3/c1-13-10-15(11-14(2)21(13)22)28-12-19(26)23-17-7-5-4-6-16(17)18-8-9-20(27)25(3)24-18/h4-11H,12H2,1-3H3,(H,23,26). The fourth-order valence-corrected chi connectivity index (χ4v) is 2.90. The van der Waals surface area contributed by atoms with Gasteiger partial charge in [0.1, 0.15) is 5.75 Å². The van der Waals surface area contributed by atoms with Crippen LogP contribution in [-0.4, -0.2) is 22.3 Å². The molecule has 3 aromatic rings. The average Bonchev–Trinajstić information content (AvgIpc) is 2.67. The lowest BCUT2D eigenvalue weighted by Crippen LogP contribution is -2.21. The summed E-state index contributed by atoms with van der Waals surface area (Å²) >= 11 is 6.15. The molecule has 0 atom stereocenters. The molecule has 1 aromatic heterocycles. The van der Waals surface area contributed by atoms with Crippen LogP contribution in [0.3, 0.4) is 0 Å². The topological polar surface area (TPSA) is 73.2 Å². The van der Waals surface area contributed by atoms with Crippen molar-refractivity contribution in [3.05, 3.63) is 75.0 Å². The predicted molar refractivity (Wildman–Crippen MR) is 110 cm³/mol. The van der Waals surface area contributed by atoms with Gasteiger partial charge in [-0.3, -0.25) is 9.59 Å². The molecule has 6 nitrogen and oxygen atoms in total. The predicted octanol–water partition coefficient (Wildman–Crippen LogP) is 3.74. The number of carbonyl (C=O) groups excluding carboxylic acids is 1. The molecule has 0 saturated heterocycles. The first-order chi connectivity index (χ1) is 13.3. The fourth-order valence-electron chi connectivity index (χ4n) is 2.79. The van der Waals surface area contributed by atoms with Gasteiger partial charge in [-0.05, 0) is 49.2 Å². The van der Waals surface area contributed by atoms with Crippen molar-refractivity contribution in [1.29, 1.82) is 0 Å². The average molecular weight is 398 g/mol. The van der Waals surface area contributed by atoms with Gasteiger partial charge in [-0.15, -0.1) is 0 Å². The van der Waals surface area contributed by atoms with Crippen molar-refractivity contribution in [3.63, 3.8) is 0 Å². The number of ether oxygens (including phenoxy) is 1. The molecular weight excluding hydrogens is 378 g/mol. The molecule has 1 heterocycles. The summed E-state index contributed by atoms with van der Waals surface area (Å²) in [5.41, 5.74) is 3.47. The zero-order valence-electron chi connectivity index (χ0n) is 15.8. The van der Waals surface area contributed by atoms with Crippen LogP contribution in [0.4, 0.5) is 5.69 Å². The van der Waals surface area contributed by atoms with Crippen molar-refractivity contribution < 1.29 is 9.53 Å². The summed E-state index contributed by atoms with van der Waals surface area (Å²) < 4.78 is 6.86. The summed E-state index contributed by atoms with van der Waals surface area (Å²) in [6, 6.07) is 13.9. The number of amides is 1. The first kappa shape index (κ1) is 19.6. The first-order valence-electron chi connectivity index (χ1n) is 8.68. The van der Waals surface area contributed by atoms with E-state index in [1.165, 1.54) is 10.7 Å². The molecule has 0 spiro atoms. The van der Waals surface area contributed by atoms with Crippen LogP contribution < -0.4 is 15.6 Å². The smallest absolute Gasteiger partial charge is 0.266 e. The number of para-hydroxylation sites is 1. The minimum Gasteiger partial charge on any atom is -0.484 e. The Bertz CT molecular complexity index is 1070. The van der Waals surface area contributed by atoms with Crippen LogP contribution in [0.25, 0.3) is 11.3 Å². The van der Waals surface area contributed by atoms with Crippen molar-refractivity contribution in [2.75, 3.05) is 11.9 Å². The van der Waals surface area contributed by atoms with Crippen molar-refractivity contribution >= 4 is 23.2 Å². The van der Waals surface area contributed by atoms with Gasteiger partial charge in [0.25, 0.3) is 11.5 Å². The number of hydrogen-bond acceptors (Lipinski definition) is 4. The quantitative estimate of drug-likeness (QED) is 0.711. The molecular formula is C21H20ClN3O3. The second-order valence-corrected chi connectivity index (χ2v) is 6.81. The summed E-state index contributed by atoms with van der Waals surface area (Å²) in [4.78, 5) is 23.9. The van der Waals surface area contributed by atoms with Crippen molar-refractivity contribution in [1.82, 2.24) is 9.78 Å². The summed E-state index contributed by atoms with van der Waals surface area (Å²) in [6.07, 6.45) is 0. The molecule has 3 rings (SSSR count). The lowest BCUT2D eigenvalue weighted by molar-refractivity contribution is -0.118. The number of halogens is 1. The molecule has 2 aromatic carbocycles. The molecule has 0 bridgehead atoms. The van der Waals surface area contributed by atoms with Gasteiger partial charge in [-0.2, -0.15) is 5.10 Å². The number of hydrogen-bond donors (Lipinski definition) is 1. The van der Waals surface area contributed by atoms with Gasteiger partial charge in [0.05, 0.1) is 11.4 Å². The Kier molecular flexibility index (Phi) is 5.80. The van der Waals surface area contributed by atoms with E-state index in [-0.39, 0.29) is 18.1 Å². The molecule has 0 radical (unpaired) electrons. The molecule has 0 fully saturated rings. The number of aryl methyl sites for hydroxylation is 3. The number of carbonyl (C=O) groups is 1. The zero-order chi connectivity index (χ0) is 20.3. The highest BCUT2D eigenvalue weighted by atomic mass is 35.5. The van der Waals surface area contributed by atoms with Crippen LogP contribution in [0.1, 0.15) is 11.1 Å². The maximum Gasteiger partial charge on any atom is 0.266 e. The van der Waals surface area contributed by atoms with E-state index in [1.807, 2.05) is 32.0 Å². The van der Waals surface area contributed by atoms with Crippen LogP contribution in [-0.2, 0) is 11.8 Å². The number of rotatable bonds is 5. The summed E-state index contributed by atoms with van der Waals surface area (Å²) in [5.74, 6) is 0.282. The molecule has 1 amide bonds. The minimum atomic E-state index is -0.303. The van der Waals surface area contributed by atoms with Gasteiger partial charge in [0, 0.05) is 23.7 Å². The van der Waals surface area contributed by atoms with Crippen molar-refractivity contribution in [2.24, 2.45) is 7.05 Å². The second-order valence-electron chi connectivity index (χ2n) is 6.43. The molecule has 0 aliphatic carbocycles. The Morgan fingerprint density at radius 2 is 1.82 bits per heavy atom. The number of nitrogens with one attached hydrogen (secondary N) is 1. The fraction of sp³-hybridized carbons (Fsp3) is 0.190. The normalized spacial score (nSPS) is 10.6. The van der Waals surface area contributed by atoms with Crippen LogP contribution in [0.15, 0.2) is 53.3 Å². The number of nitrogens with zero attached hydrogens (tertiary/aromatic N) is 2. The van der Waals surface area contributed by atoms with Crippen LogP contribution >= 0.6 is 11.6 Å². The van der Waals surface area contributed by atoms with E-state index >= 15 is 0 Å². The van der Waals surface area contributed by atoms with E-state index in [0.717, 1.165) is 11.1 Å². The van der Waals surface area contributed by atoms with Crippen LogP contribution in [0.5, 0.6) is 5.75 Å². The van der Waals surface area contributed by atoms with Crippen LogP contribution in [0, 0.1) is 13.8 Å². The van der Waals surface area contributed by atoms with Gasteiger partial charge in [-0.1, -0.05) is 29.8 Å². The van der Waals surface area contributed by atoms with E-state index < -0.39 is 0 Å². The van der Waals surface area contributed by atoms with Crippen molar-refractivity contribution in [3.8, 4) is 17.0 Å². The SMILES string of the molecule is Cc1cc(OCC(=O)Nc2ccccc2-c2ccc(=O)n(C)n2)cc(C)c1Cl. The molecule has 1 N–H and O–H groups in total. The molecule has 0 aliphatic heterocycles. The summed E-state index contributed by atoms with van der Waals surface area (Å²) in [7, 11) is 1.58. The zero-order valence-corrected chi connectivity index (χ0v) is 16.6. The number of anilines is 1. The number of benzene rings is 2. The molecule has 7 heteroatoms. The third kappa shape index (κ3) is 4.40. The van der Waals surface area contributed by atoms with E-state index in [4.69, 9.17) is 16.3 Å². The summed E-state index contributed by atoms with van der Waals surface area (Å²) in [6.45, 7) is 3.63. The van der Waals surface area contributed by atoms with Gasteiger partial charge in [0.15, 0.2) is 6.61 Å². The van der Waals surface area contributed by atoms with E-state index in [9.17, 15) is 9.59 Å². The van der Waals surface area contributed by atoms with Crippen LogP contribution in [0.2, 0.25) is 5.02 Å². The van der Waals surface area contributed by atoms with Gasteiger partial charge < -0.3 is 10.1 Å². The highest BCUT2D eigenvalue weighted by Gasteiger charge is 2.11. The van der Waals surface area contributed by atoms with Gasteiger partial charge in [0.2, 0.25) is 0 Å². The Morgan fingerprint density at radius 1 is 1.14 bits per heavy atom. The molecule has 28 heavy (non-hydrogen) atoms. The molecule has 0 aliphatic rings. The highest BCUT2D eigenvalue weighted by molar-refractivity contribution is 6.32.